The van der Waals surface area contributed by atoms with E-state index in [1.165, 1.54) is 0 Å². The summed E-state index contributed by atoms with van der Waals surface area (Å²) in [6.07, 6.45) is 2.10. The summed E-state index contributed by atoms with van der Waals surface area (Å²) in [5.41, 5.74) is 1.54. The molecule has 0 aliphatic carbocycles. The van der Waals surface area contributed by atoms with Crippen LogP contribution in [-0.2, 0) is 6.61 Å². The summed E-state index contributed by atoms with van der Waals surface area (Å²) in [6.45, 7) is 8.82. The average molecular weight is 346 g/mol. The summed E-state index contributed by atoms with van der Waals surface area (Å²) in [4.78, 5) is 16.7. The number of aromatic nitrogens is 1. The number of rotatable bonds is 8. The van der Waals surface area contributed by atoms with Crippen LogP contribution >= 0.6 is 11.3 Å². The predicted octanol–water partition coefficient (Wildman–Crippen LogP) is 4.59. The van der Waals surface area contributed by atoms with E-state index >= 15 is 0 Å². The van der Waals surface area contributed by atoms with Crippen LogP contribution in [-0.4, -0.2) is 16.9 Å². The van der Waals surface area contributed by atoms with Crippen LogP contribution in [0.2, 0.25) is 0 Å². The van der Waals surface area contributed by atoms with Gasteiger partial charge in [-0.1, -0.05) is 19.9 Å². The lowest BCUT2D eigenvalue weighted by Gasteiger charge is -2.15. The lowest BCUT2D eigenvalue weighted by molar-refractivity contribution is 0.0936. The van der Waals surface area contributed by atoms with E-state index in [0.29, 0.717) is 23.8 Å². The molecule has 0 spiro atoms. The number of thiazole rings is 1. The summed E-state index contributed by atoms with van der Waals surface area (Å²) < 4.78 is 5.74. The molecule has 0 aliphatic rings. The Balaban J connectivity index is 1.90. The second-order valence-corrected chi connectivity index (χ2v) is 7.58. The minimum Gasteiger partial charge on any atom is -0.487 e. The van der Waals surface area contributed by atoms with E-state index in [0.717, 1.165) is 23.5 Å². The first-order chi connectivity index (χ1) is 11.4. The maximum Gasteiger partial charge on any atom is 0.251 e. The number of carbonyl (C=O) groups excluding carboxylic acids is 1. The Morgan fingerprint density at radius 1 is 1.29 bits per heavy atom. The number of nitrogens with one attached hydrogen (secondary N) is 1. The van der Waals surface area contributed by atoms with E-state index in [1.807, 2.05) is 37.4 Å². The summed E-state index contributed by atoms with van der Waals surface area (Å²) in [5.74, 6) is 1.28. The highest BCUT2D eigenvalue weighted by Gasteiger charge is 2.11. The molecule has 1 aromatic heterocycles. The molecule has 0 saturated carbocycles. The molecule has 130 valence electrons. The van der Waals surface area contributed by atoms with Gasteiger partial charge < -0.3 is 10.1 Å². The first-order valence-electron chi connectivity index (χ1n) is 8.38. The molecular weight excluding hydrogens is 320 g/mol. The van der Waals surface area contributed by atoms with Gasteiger partial charge in [-0.25, -0.2) is 4.98 Å². The fraction of sp³-hybridized carbons (Fsp3) is 0.474. The maximum atomic E-state index is 12.4. The normalized spacial score (nSPS) is 12.2. The number of hydrogen-bond acceptors (Lipinski definition) is 4. The fourth-order valence-electron chi connectivity index (χ4n) is 2.32. The molecule has 5 heteroatoms. The Morgan fingerprint density at radius 3 is 2.75 bits per heavy atom. The Labute approximate surface area is 148 Å². The van der Waals surface area contributed by atoms with Crippen LogP contribution in [0, 0.1) is 12.8 Å². The van der Waals surface area contributed by atoms with Gasteiger partial charge in [-0.05, 0) is 50.8 Å². The summed E-state index contributed by atoms with van der Waals surface area (Å²) >= 11 is 1.61. The highest BCUT2D eigenvalue weighted by molar-refractivity contribution is 7.09. The Hall–Kier alpha value is -1.88. The molecule has 0 aliphatic heterocycles. The van der Waals surface area contributed by atoms with Crippen molar-refractivity contribution in [2.24, 2.45) is 5.92 Å². The third-order valence-electron chi connectivity index (χ3n) is 3.70. The number of hydrogen-bond donors (Lipinski definition) is 1. The predicted molar refractivity (Wildman–Crippen MR) is 98.6 cm³/mol. The van der Waals surface area contributed by atoms with Gasteiger partial charge in [0.25, 0.3) is 5.91 Å². The number of nitrogens with zero attached hydrogens (tertiary/aromatic N) is 1. The molecular formula is C19H26N2O2S. The summed E-state index contributed by atoms with van der Waals surface area (Å²) in [5, 5.41) is 6.06. The lowest BCUT2D eigenvalue weighted by atomic mass is 10.0. The van der Waals surface area contributed by atoms with Crippen LogP contribution in [0.15, 0.2) is 29.6 Å². The molecule has 4 nitrogen and oxygen atoms in total. The van der Waals surface area contributed by atoms with Gasteiger partial charge in [0.2, 0.25) is 0 Å². The fourth-order valence-corrected chi connectivity index (χ4v) is 2.92. The molecule has 1 amide bonds. The lowest BCUT2D eigenvalue weighted by Crippen LogP contribution is -2.32. The standard InChI is InChI=1S/C19H26N2O2S/c1-13(2)8-9-14(3)20-19(22)16-6-5-7-18(10-16)23-11-17-12-24-15(4)21-17/h5-7,10,12-14H,8-9,11H2,1-4H3,(H,20,22). The van der Waals surface area contributed by atoms with Crippen molar-refractivity contribution in [3.05, 3.63) is 45.9 Å². The number of aryl methyl sites for hydroxylation is 1. The van der Waals surface area contributed by atoms with E-state index < -0.39 is 0 Å². The smallest absolute Gasteiger partial charge is 0.251 e. The summed E-state index contributed by atoms with van der Waals surface area (Å²) in [6, 6.07) is 7.46. The highest BCUT2D eigenvalue weighted by atomic mass is 32.1. The molecule has 1 heterocycles. The van der Waals surface area contributed by atoms with Crippen LogP contribution in [0.5, 0.6) is 5.75 Å². The molecule has 1 aromatic carbocycles. The average Bonchev–Trinajstić information content (AvgIpc) is 2.97. The van der Waals surface area contributed by atoms with Gasteiger partial charge in [-0.2, -0.15) is 0 Å². The molecule has 2 rings (SSSR count). The Morgan fingerprint density at radius 2 is 2.08 bits per heavy atom. The molecule has 0 radical (unpaired) electrons. The van der Waals surface area contributed by atoms with Gasteiger partial charge in [-0.15, -0.1) is 11.3 Å². The Bertz CT molecular complexity index is 667. The maximum absolute atomic E-state index is 12.4. The van der Waals surface area contributed by atoms with Gasteiger partial charge >= 0.3 is 0 Å². The first-order valence-corrected chi connectivity index (χ1v) is 9.26. The zero-order valence-corrected chi connectivity index (χ0v) is 15.7. The Kier molecular flexibility index (Phi) is 6.79. The second-order valence-electron chi connectivity index (χ2n) is 6.52. The van der Waals surface area contributed by atoms with Gasteiger partial charge in [0.15, 0.2) is 0 Å². The second kappa shape index (κ2) is 8.83. The molecule has 2 aromatic rings. The largest absolute Gasteiger partial charge is 0.487 e. The van der Waals surface area contributed by atoms with Gasteiger partial charge in [0.05, 0.1) is 10.7 Å². The van der Waals surface area contributed by atoms with Crippen LogP contribution in [0.1, 0.15) is 54.7 Å². The molecule has 1 atom stereocenters. The number of carbonyl (C=O) groups is 1. The zero-order valence-electron chi connectivity index (χ0n) is 14.8. The SMILES string of the molecule is Cc1nc(COc2cccc(C(=O)NC(C)CCC(C)C)c2)cs1. The number of benzene rings is 1. The molecule has 0 bridgehead atoms. The van der Waals surface area contributed by atoms with Crippen LogP contribution < -0.4 is 10.1 Å². The van der Waals surface area contributed by atoms with Crippen molar-refractivity contribution in [3.63, 3.8) is 0 Å². The van der Waals surface area contributed by atoms with Gasteiger partial charge in [-0.3, -0.25) is 4.79 Å². The molecule has 0 fully saturated rings. The van der Waals surface area contributed by atoms with Crippen molar-refractivity contribution >= 4 is 17.2 Å². The summed E-state index contributed by atoms with van der Waals surface area (Å²) in [7, 11) is 0. The minimum absolute atomic E-state index is 0.0544. The van der Waals surface area contributed by atoms with E-state index in [2.05, 4.69) is 24.1 Å². The van der Waals surface area contributed by atoms with Crippen molar-refractivity contribution in [2.75, 3.05) is 0 Å². The minimum atomic E-state index is -0.0544. The van der Waals surface area contributed by atoms with Crippen LogP contribution in [0.3, 0.4) is 0 Å². The molecule has 1 N–H and O–H groups in total. The van der Waals surface area contributed by atoms with Gasteiger partial charge in [0.1, 0.15) is 12.4 Å². The van der Waals surface area contributed by atoms with E-state index in [1.54, 1.807) is 17.4 Å². The van der Waals surface area contributed by atoms with Crippen molar-refractivity contribution in [3.8, 4) is 5.75 Å². The topological polar surface area (TPSA) is 51.2 Å². The number of ether oxygens (including phenoxy) is 1. The highest BCUT2D eigenvalue weighted by Crippen LogP contribution is 2.17. The van der Waals surface area contributed by atoms with Crippen molar-refractivity contribution in [1.29, 1.82) is 0 Å². The van der Waals surface area contributed by atoms with E-state index in [-0.39, 0.29) is 11.9 Å². The van der Waals surface area contributed by atoms with Crippen molar-refractivity contribution < 1.29 is 9.53 Å². The monoisotopic (exact) mass is 346 g/mol. The first kappa shape index (κ1) is 18.5. The van der Waals surface area contributed by atoms with Crippen LogP contribution in [0.4, 0.5) is 0 Å². The number of amides is 1. The van der Waals surface area contributed by atoms with Crippen molar-refractivity contribution in [1.82, 2.24) is 10.3 Å². The van der Waals surface area contributed by atoms with Gasteiger partial charge in [0, 0.05) is 17.0 Å². The third kappa shape index (κ3) is 5.96. The quantitative estimate of drug-likeness (QED) is 0.761. The van der Waals surface area contributed by atoms with Crippen molar-refractivity contribution in [2.45, 2.75) is 53.2 Å². The van der Waals surface area contributed by atoms with E-state index in [4.69, 9.17) is 4.74 Å². The molecule has 1 unspecified atom stereocenters. The molecule has 24 heavy (non-hydrogen) atoms. The molecule has 0 saturated heterocycles. The zero-order chi connectivity index (χ0) is 17.5. The third-order valence-corrected chi connectivity index (χ3v) is 4.53. The van der Waals surface area contributed by atoms with E-state index in [9.17, 15) is 4.79 Å². The van der Waals surface area contributed by atoms with Crippen LogP contribution in [0.25, 0.3) is 0 Å².